The number of carbonyl (C=O) groups is 1. The fourth-order valence-corrected chi connectivity index (χ4v) is 3.24. The molecule has 0 aliphatic carbocycles. The predicted octanol–water partition coefficient (Wildman–Crippen LogP) is 4.99. The standard InChI is InChI=1S/C23H32N2O3/c1-4-13-25(14-5-2)15-6-7-20-17-21(9-10-22(20)27-3)24-23(26)11-8-19-12-16-28-18-19/h8-12,16-18H,4-7,13-15H2,1-3H3,(H,24,26). The van der Waals surface area contributed by atoms with Gasteiger partial charge in [0.15, 0.2) is 0 Å². The van der Waals surface area contributed by atoms with Gasteiger partial charge in [0.2, 0.25) is 5.91 Å². The summed E-state index contributed by atoms with van der Waals surface area (Å²) in [4.78, 5) is 14.7. The Morgan fingerprint density at radius 1 is 1.18 bits per heavy atom. The quantitative estimate of drug-likeness (QED) is 0.524. The zero-order valence-corrected chi connectivity index (χ0v) is 17.2. The van der Waals surface area contributed by atoms with E-state index in [0.717, 1.165) is 55.0 Å². The van der Waals surface area contributed by atoms with E-state index in [9.17, 15) is 4.79 Å². The van der Waals surface area contributed by atoms with Crippen LogP contribution in [0.3, 0.4) is 0 Å². The second-order valence-corrected chi connectivity index (χ2v) is 6.85. The molecule has 0 unspecified atom stereocenters. The highest BCUT2D eigenvalue weighted by molar-refractivity contribution is 6.02. The van der Waals surface area contributed by atoms with Gasteiger partial charge in [-0.2, -0.15) is 0 Å². The van der Waals surface area contributed by atoms with Gasteiger partial charge in [-0.15, -0.1) is 0 Å². The van der Waals surface area contributed by atoms with Gasteiger partial charge in [0.25, 0.3) is 0 Å². The Labute approximate surface area is 168 Å². The number of furan rings is 1. The van der Waals surface area contributed by atoms with Crippen LogP contribution in [0.25, 0.3) is 6.08 Å². The van der Waals surface area contributed by atoms with Crippen molar-refractivity contribution in [3.63, 3.8) is 0 Å². The normalized spacial score (nSPS) is 11.3. The van der Waals surface area contributed by atoms with Gasteiger partial charge in [-0.05, 0) is 81.2 Å². The van der Waals surface area contributed by atoms with Gasteiger partial charge in [0.1, 0.15) is 5.75 Å². The molecule has 1 aromatic heterocycles. The third kappa shape index (κ3) is 7.24. The molecule has 0 bridgehead atoms. The molecular formula is C23H32N2O3. The lowest BCUT2D eigenvalue weighted by atomic mass is 10.1. The van der Waals surface area contributed by atoms with Gasteiger partial charge in [-0.1, -0.05) is 13.8 Å². The van der Waals surface area contributed by atoms with Crippen molar-refractivity contribution in [3.8, 4) is 5.75 Å². The molecule has 0 aliphatic rings. The zero-order valence-electron chi connectivity index (χ0n) is 17.2. The summed E-state index contributed by atoms with van der Waals surface area (Å²) in [7, 11) is 1.69. The number of hydrogen-bond donors (Lipinski definition) is 1. The van der Waals surface area contributed by atoms with E-state index in [2.05, 4.69) is 24.1 Å². The number of methoxy groups -OCH3 is 1. The number of nitrogens with one attached hydrogen (secondary N) is 1. The van der Waals surface area contributed by atoms with Crippen molar-refractivity contribution < 1.29 is 13.9 Å². The first kappa shape index (κ1) is 21.8. The summed E-state index contributed by atoms with van der Waals surface area (Å²) < 4.78 is 10.5. The van der Waals surface area contributed by atoms with E-state index in [0.29, 0.717) is 0 Å². The highest BCUT2D eigenvalue weighted by atomic mass is 16.5. The first-order chi connectivity index (χ1) is 13.7. The number of nitrogens with zero attached hydrogens (tertiary/aromatic N) is 1. The van der Waals surface area contributed by atoms with Gasteiger partial charge in [-0.25, -0.2) is 0 Å². The Balaban J connectivity index is 1.95. The Hall–Kier alpha value is -2.53. The minimum absolute atomic E-state index is 0.172. The number of anilines is 1. The topological polar surface area (TPSA) is 54.7 Å². The van der Waals surface area contributed by atoms with E-state index in [-0.39, 0.29) is 5.91 Å². The molecule has 1 amide bonds. The molecule has 0 saturated carbocycles. The summed E-state index contributed by atoms with van der Waals surface area (Å²) in [6, 6.07) is 7.59. The average Bonchev–Trinajstić information content (AvgIpc) is 3.21. The Kier molecular flexibility index (Phi) is 9.35. The van der Waals surface area contributed by atoms with Crippen LogP contribution in [-0.4, -0.2) is 37.6 Å². The van der Waals surface area contributed by atoms with Gasteiger partial charge in [-0.3, -0.25) is 4.79 Å². The van der Waals surface area contributed by atoms with E-state index in [4.69, 9.17) is 9.15 Å². The smallest absolute Gasteiger partial charge is 0.248 e. The number of hydrogen-bond acceptors (Lipinski definition) is 4. The molecule has 28 heavy (non-hydrogen) atoms. The summed E-state index contributed by atoms with van der Waals surface area (Å²) in [5.74, 6) is 0.693. The van der Waals surface area contributed by atoms with Crippen molar-refractivity contribution in [2.75, 3.05) is 32.1 Å². The number of carbonyl (C=O) groups excluding carboxylic acids is 1. The molecule has 0 aliphatic heterocycles. The number of benzene rings is 1. The second kappa shape index (κ2) is 12.0. The van der Waals surface area contributed by atoms with E-state index >= 15 is 0 Å². The summed E-state index contributed by atoms with van der Waals surface area (Å²) in [6.45, 7) is 7.81. The lowest BCUT2D eigenvalue weighted by Gasteiger charge is -2.21. The van der Waals surface area contributed by atoms with E-state index in [1.54, 1.807) is 31.8 Å². The fraction of sp³-hybridized carbons (Fsp3) is 0.435. The Morgan fingerprint density at radius 3 is 2.61 bits per heavy atom. The van der Waals surface area contributed by atoms with Crippen LogP contribution >= 0.6 is 0 Å². The maximum Gasteiger partial charge on any atom is 0.248 e. The SMILES string of the molecule is CCCN(CCC)CCCc1cc(NC(=O)C=Cc2ccoc2)ccc1OC. The Bertz CT molecular complexity index is 732. The third-order valence-electron chi connectivity index (χ3n) is 4.52. The maximum absolute atomic E-state index is 12.2. The number of aryl methyl sites for hydroxylation is 1. The molecular weight excluding hydrogens is 352 g/mol. The molecule has 1 N–H and O–H groups in total. The van der Waals surface area contributed by atoms with Crippen molar-refractivity contribution >= 4 is 17.7 Å². The van der Waals surface area contributed by atoms with E-state index < -0.39 is 0 Å². The average molecular weight is 385 g/mol. The second-order valence-electron chi connectivity index (χ2n) is 6.85. The van der Waals surface area contributed by atoms with Crippen molar-refractivity contribution in [2.45, 2.75) is 39.5 Å². The lowest BCUT2D eigenvalue weighted by Crippen LogP contribution is -2.26. The van der Waals surface area contributed by atoms with Crippen LogP contribution in [0.2, 0.25) is 0 Å². The highest BCUT2D eigenvalue weighted by Crippen LogP contribution is 2.24. The molecule has 2 rings (SSSR count). The predicted molar refractivity (Wildman–Crippen MR) is 115 cm³/mol. The minimum atomic E-state index is -0.172. The molecule has 0 saturated heterocycles. The van der Waals surface area contributed by atoms with Crippen LogP contribution in [0.5, 0.6) is 5.75 Å². The molecule has 1 heterocycles. The first-order valence-electron chi connectivity index (χ1n) is 10.1. The largest absolute Gasteiger partial charge is 0.496 e. The number of rotatable bonds is 12. The van der Waals surface area contributed by atoms with Crippen LogP contribution in [0.15, 0.2) is 47.3 Å². The van der Waals surface area contributed by atoms with Crippen LogP contribution in [0, 0.1) is 0 Å². The van der Waals surface area contributed by atoms with Gasteiger partial charge >= 0.3 is 0 Å². The number of ether oxygens (including phenoxy) is 1. The molecule has 1 aromatic carbocycles. The molecule has 5 nitrogen and oxygen atoms in total. The molecule has 0 atom stereocenters. The van der Waals surface area contributed by atoms with E-state index in [1.165, 1.54) is 18.9 Å². The summed E-state index contributed by atoms with van der Waals surface area (Å²) in [6.07, 6.45) is 10.7. The monoisotopic (exact) mass is 384 g/mol. The van der Waals surface area contributed by atoms with Crippen molar-refractivity contribution in [1.82, 2.24) is 4.90 Å². The van der Waals surface area contributed by atoms with Crippen LogP contribution in [0.4, 0.5) is 5.69 Å². The fourth-order valence-electron chi connectivity index (χ4n) is 3.24. The van der Waals surface area contributed by atoms with E-state index in [1.807, 2.05) is 18.2 Å². The lowest BCUT2D eigenvalue weighted by molar-refractivity contribution is -0.111. The minimum Gasteiger partial charge on any atom is -0.496 e. The first-order valence-corrected chi connectivity index (χ1v) is 10.1. The van der Waals surface area contributed by atoms with Gasteiger partial charge in [0, 0.05) is 17.3 Å². The maximum atomic E-state index is 12.2. The molecule has 0 fully saturated rings. The van der Waals surface area contributed by atoms with Crippen LogP contribution < -0.4 is 10.1 Å². The molecule has 152 valence electrons. The van der Waals surface area contributed by atoms with Crippen LogP contribution in [0.1, 0.15) is 44.2 Å². The van der Waals surface area contributed by atoms with Crippen molar-refractivity contribution in [3.05, 3.63) is 54.0 Å². The zero-order chi connectivity index (χ0) is 20.2. The summed E-state index contributed by atoms with van der Waals surface area (Å²) in [5, 5.41) is 2.91. The van der Waals surface area contributed by atoms with Gasteiger partial charge in [0.05, 0.1) is 19.6 Å². The number of amides is 1. The third-order valence-corrected chi connectivity index (χ3v) is 4.52. The Morgan fingerprint density at radius 2 is 1.96 bits per heavy atom. The van der Waals surface area contributed by atoms with Crippen molar-refractivity contribution in [1.29, 1.82) is 0 Å². The molecule has 0 spiro atoms. The summed E-state index contributed by atoms with van der Waals surface area (Å²) in [5.41, 5.74) is 2.75. The van der Waals surface area contributed by atoms with Crippen molar-refractivity contribution in [2.24, 2.45) is 0 Å². The van der Waals surface area contributed by atoms with Crippen LogP contribution in [-0.2, 0) is 11.2 Å². The highest BCUT2D eigenvalue weighted by Gasteiger charge is 2.08. The molecule has 0 radical (unpaired) electrons. The molecule has 2 aromatic rings. The molecule has 5 heteroatoms. The van der Waals surface area contributed by atoms with Gasteiger partial charge < -0.3 is 19.4 Å². The summed E-state index contributed by atoms with van der Waals surface area (Å²) >= 11 is 0.